The lowest BCUT2D eigenvalue weighted by Gasteiger charge is -2.21. The lowest BCUT2D eigenvalue weighted by Crippen LogP contribution is -2.35. The maximum absolute atomic E-state index is 13.1. The van der Waals surface area contributed by atoms with Gasteiger partial charge in [-0.3, -0.25) is 9.59 Å². The van der Waals surface area contributed by atoms with Crippen LogP contribution in [0.5, 0.6) is 5.75 Å². The fourth-order valence-electron chi connectivity index (χ4n) is 3.91. The van der Waals surface area contributed by atoms with Crippen LogP contribution in [0.25, 0.3) is 0 Å². The molecule has 3 rings (SSSR count). The second-order valence-corrected chi connectivity index (χ2v) is 9.65. The smallest absolute Gasteiger partial charge is 0.256 e. The standard InChI is InChI=1S/C23H29N3O5S/c1-6-25(7-2)32(29,30)17-9-11-21(31-5)18(13-17)24-19-14-22(27)26(23(19)28)20-10-8-15(3)12-16(20)4/h8-13,19,24H,6-7,14H2,1-5H3. The number of hydrogen-bond acceptors (Lipinski definition) is 6. The van der Waals surface area contributed by atoms with Crippen molar-refractivity contribution in [3.63, 3.8) is 0 Å². The summed E-state index contributed by atoms with van der Waals surface area (Å²) in [5, 5.41) is 3.04. The molecule has 0 aromatic heterocycles. The largest absolute Gasteiger partial charge is 0.495 e. The van der Waals surface area contributed by atoms with Gasteiger partial charge in [0.25, 0.3) is 5.91 Å². The summed E-state index contributed by atoms with van der Waals surface area (Å²) in [6.45, 7) is 8.03. The molecule has 2 aromatic rings. The van der Waals surface area contributed by atoms with Crippen molar-refractivity contribution in [1.82, 2.24) is 4.31 Å². The first-order valence-corrected chi connectivity index (χ1v) is 12.0. The summed E-state index contributed by atoms with van der Waals surface area (Å²) in [7, 11) is -2.23. The number of aryl methyl sites for hydroxylation is 2. The van der Waals surface area contributed by atoms with Gasteiger partial charge in [-0.2, -0.15) is 4.31 Å². The highest BCUT2D eigenvalue weighted by atomic mass is 32.2. The van der Waals surface area contributed by atoms with Crippen LogP contribution in [0.2, 0.25) is 0 Å². The van der Waals surface area contributed by atoms with Gasteiger partial charge in [0.1, 0.15) is 11.8 Å². The van der Waals surface area contributed by atoms with Gasteiger partial charge in [-0.25, -0.2) is 13.3 Å². The highest BCUT2D eigenvalue weighted by Gasteiger charge is 2.40. The molecule has 0 radical (unpaired) electrons. The second-order valence-electron chi connectivity index (χ2n) is 7.71. The first-order valence-electron chi connectivity index (χ1n) is 10.5. The monoisotopic (exact) mass is 459 g/mol. The summed E-state index contributed by atoms with van der Waals surface area (Å²) in [5.74, 6) is -0.319. The van der Waals surface area contributed by atoms with E-state index in [-0.39, 0.29) is 23.1 Å². The fraction of sp³-hybridized carbons (Fsp3) is 0.391. The summed E-state index contributed by atoms with van der Waals surface area (Å²) in [4.78, 5) is 27.1. The van der Waals surface area contributed by atoms with Crippen LogP contribution in [0.3, 0.4) is 0 Å². The van der Waals surface area contributed by atoms with Crippen LogP contribution < -0.4 is 15.0 Å². The van der Waals surface area contributed by atoms with Crippen molar-refractivity contribution in [2.45, 2.75) is 45.1 Å². The van der Waals surface area contributed by atoms with E-state index in [9.17, 15) is 18.0 Å². The maximum atomic E-state index is 13.1. The van der Waals surface area contributed by atoms with E-state index in [1.54, 1.807) is 26.0 Å². The zero-order valence-corrected chi connectivity index (χ0v) is 19.8. The van der Waals surface area contributed by atoms with Crippen molar-refractivity contribution < 1.29 is 22.7 Å². The van der Waals surface area contributed by atoms with Gasteiger partial charge >= 0.3 is 0 Å². The Morgan fingerprint density at radius 2 is 1.78 bits per heavy atom. The summed E-state index contributed by atoms with van der Waals surface area (Å²) in [6, 6.07) is 9.17. The molecule has 2 aromatic carbocycles. The van der Waals surface area contributed by atoms with Crippen LogP contribution in [0.15, 0.2) is 41.3 Å². The van der Waals surface area contributed by atoms with E-state index in [1.165, 1.54) is 28.4 Å². The van der Waals surface area contributed by atoms with Crippen LogP contribution >= 0.6 is 0 Å². The number of nitrogens with one attached hydrogen (secondary N) is 1. The molecule has 2 amide bonds. The number of carbonyl (C=O) groups is 2. The third-order valence-electron chi connectivity index (χ3n) is 5.58. The van der Waals surface area contributed by atoms with Crippen LogP contribution in [0.4, 0.5) is 11.4 Å². The molecule has 1 aliphatic rings. The molecule has 1 saturated heterocycles. The lowest BCUT2D eigenvalue weighted by molar-refractivity contribution is -0.121. The van der Waals surface area contributed by atoms with Crippen LogP contribution in [-0.4, -0.2) is 50.8 Å². The minimum absolute atomic E-state index is 0.0394. The van der Waals surface area contributed by atoms with Crippen molar-refractivity contribution in [1.29, 1.82) is 0 Å². The van der Waals surface area contributed by atoms with Gasteiger partial charge in [0.2, 0.25) is 15.9 Å². The van der Waals surface area contributed by atoms with Crippen LogP contribution in [0.1, 0.15) is 31.4 Å². The summed E-state index contributed by atoms with van der Waals surface area (Å²) >= 11 is 0. The Morgan fingerprint density at radius 3 is 2.38 bits per heavy atom. The van der Waals surface area contributed by atoms with Gasteiger partial charge in [-0.05, 0) is 43.7 Å². The molecule has 1 unspecified atom stereocenters. The fourth-order valence-corrected chi connectivity index (χ4v) is 5.40. The van der Waals surface area contributed by atoms with E-state index >= 15 is 0 Å². The van der Waals surface area contributed by atoms with E-state index in [2.05, 4.69) is 5.32 Å². The summed E-state index contributed by atoms with van der Waals surface area (Å²) in [6.07, 6.45) is -0.0394. The Hall–Kier alpha value is -2.91. The SMILES string of the molecule is CCN(CC)S(=O)(=O)c1ccc(OC)c(NC2CC(=O)N(c3ccc(C)cc3C)C2=O)c1. The predicted octanol–water partition coefficient (Wildman–Crippen LogP) is 3.09. The van der Waals surface area contributed by atoms with Crippen molar-refractivity contribution in [2.24, 2.45) is 0 Å². The van der Waals surface area contributed by atoms with E-state index < -0.39 is 16.1 Å². The summed E-state index contributed by atoms with van der Waals surface area (Å²) in [5.41, 5.74) is 2.77. The number of nitrogens with zero attached hydrogens (tertiary/aromatic N) is 2. The molecule has 9 heteroatoms. The molecule has 0 saturated carbocycles. The van der Waals surface area contributed by atoms with Gasteiger partial charge < -0.3 is 10.1 Å². The maximum Gasteiger partial charge on any atom is 0.256 e. The summed E-state index contributed by atoms with van der Waals surface area (Å²) < 4.78 is 32.6. The topological polar surface area (TPSA) is 96.0 Å². The highest BCUT2D eigenvalue weighted by Crippen LogP contribution is 2.33. The molecular formula is C23H29N3O5S. The lowest BCUT2D eigenvalue weighted by atomic mass is 10.1. The van der Waals surface area contributed by atoms with Crippen molar-refractivity contribution in [3.05, 3.63) is 47.5 Å². The van der Waals surface area contributed by atoms with Crippen LogP contribution in [0, 0.1) is 13.8 Å². The number of carbonyl (C=O) groups excluding carboxylic acids is 2. The van der Waals surface area contributed by atoms with E-state index in [4.69, 9.17) is 4.74 Å². The number of benzene rings is 2. The number of anilines is 2. The van der Waals surface area contributed by atoms with Crippen molar-refractivity contribution in [3.8, 4) is 5.75 Å². The minimum Gasteiger partial charge on any atom is -0.495 e. The normalized spacial score (nSPS) is 16.7. The van der Waals surface area contributed by atoms with Gasteiger partial charge in [0.15, 0.2) is 0 Å². The highest BCUT2D eigenvalue weighted by molar-refractivity contribution is 7.89. The van der Waals surface area contributed by atoms with Crippen molar-refractivity contribution in [2.75, 3.05) is 30.4 Å². The molecule has 0 aliphatic carbocycles. The van der Waals surface area contributed by atoms with E-state index in [0.29, 0.717) is 30.2 Å². The Balaban J connectivity index is 1.93. The van der Waals surface area contributed by atoms with E-state index in [0.717, 1.165) is 11.1 Å². The molecule has 1 heterocycles. The van der Waals surface area contributed by atoms with Gasteiger partial charge in [-0.1, -0.05) is 31.5 Å². The van der Waals surface area contributed by atoms with Gasteiger partial charge in [0.05, 0.1) is 29.8 Å². The molecule has 32 heavy (non-hydrogen) atoms. The van der Waals surface area contributed by atoms with Gasteiger partial charge in [0, 0.05) is 13.1 Å². The second kappa shape index (κ2) is 9.30. The molecule has 0 bridgehead atoms. The number of amides is 2. The average molecular weight is 460 g/mol. The number of rotatable bonds is 8. The predicted molar refractivity (Wildman–Crippen MR) is 124 cm³/mol. The third-order valence-corrected chi connectivity index (χ3v) is 7.63. The minimum atomic E-state index is -3.69. The number of sulfonamides is 1. The zero-order valence-electron chi connectivity index (χ0n) is 19.0. The first kappa shape index (κ1) is 23.7. The number of hydrogen-bond donors (Lipinski definition) is 1. The molecule has 8 nitrogen and oxygen atoms in total. The molecule has 0 spiro atoms. The molecule has 1 aliphatic heterocycles. The van der Waals surface area contributed by atoms with Gasteiger partial charge in [-0.15, -0.1) is 0 Å². The zero-order chi connectivity index (χ0) is 23.6. The molecular weight excluding hydrogens is 430 g/mol. The number of methoxy groups -OCH3 is 1. The van der Waals surface area contributed by atoms with Crippen LogP contribution in [-0.2, 0) is 19.6 Å². The third kappa shape index (κ3) is 4.35. The quantitative estimate of drug-likeness (QED) is 0.610. The molecule has 1 N–H and O–H groups in total. The van der Waals surface area contributed by atoms with E-state index in [1.807, 2.05) is 26.0 Å². The Bertz CT molecular complexity index is 1140. The van der Waals surface area contributed by atoms with Crippen molar-refractivity contribution >= 4 is 33.2 Å². The molecule has 1 fully saturated rings. The Kier molecular flexibility index (Phi) is 6.90. The average Bonchev–Trinajstić information content (AvgIpc) is 3.02. The Labute approximate surface area is 189 Å². The first-order chi connectivity index (χ1) is 15.1. The number of ether oxygens (including phenoxy) is 1. The molecule has 1 atom stereocenters. The Morgan fingerprint density at radius 1 is 1.09 bits per heavy atom. The number of imide groups is 1. The molecule has 172 valence electrons.